The zero-order valence-electron chi connectivity index (χ0n) is 10.9. The van der Waals surface area contributed by atoms with Gasteiger partial charge < -0.3 is 15.2 Å². The van der Waals surface area contributed by atoms with Gasteiger partial charge >= 0.3 is 0 Å². The van der Waals surface area contributed by atoms with Crippen LogP contribution >= 0.6 is 11.6 Å². The van der Waals surface area contributed by atoms with E-state index in [1.807, 2.05) is 24.3 Å². The Bertz CT molecular complexity index is 393. The molecule has 3 nitrogen and oxygen atoms in total. The maximum absolute atomic E-state index is 9.40. The monoisotopic (exact) mass is 269 g/mol. The zero-order chi connectivity index (χ0) is 13.2. The van der Waals surface area contributed by atoms with Crippen molar-refractivity contribution >= 4 is 11.6 Å². The lowest BCUT2D eigenvalue weighted by Gasteiger charge is -2.42. The van der Waals surface area contributed by atoms with Crippen LogP contribution in [0.4, 0.5) is 0 Å². The van der Waals surface area contributed by atoms with Gasteiger partial charge in [0.25, 0.3) is 0 Å². The smallest absolute Gasteiger partial charge is 0.0579 e. The highest BCUT2D eigenvalue weighted by atomic mass is 35.5. The van der Waals surface area contributed by atoms with Gasteiger partial charge in [-0.15, -0.1) is 0 Å². The first-order valence-corrected chi connectivity index (χ1v) is 6.55. The summed E-state index contributed by atoms with van der Waals surface area (Å²) in [7, 11) is 0. The molecule has 2 rings (SSSR count). The number of halogens is 1. The molecule has 1 aliphatic heterocycles. The van der Waals surface area contributed by atoms with E-state index in [-0.39, 0.29) is 17.6 Å². The number of hydrogen-bond acceptors (Lipinski definition) is 3. The molecule has 0 amide bonds. The molecule has 0 saturated carbocycles. The van der Waals surface area contributed by atoms with Gasteiger partial charge in [0.15, 0.2) is 0 Å². The molecule has 1 heterocycles. The minimum absolute atomic E-state index is 0.107. The second kappa shape index (κ2) is 5.17. The highest BCUT2D eigenvalue weighted by molar-refractivity contribution is 6.30. The highest BCUT2D eigenvalue weighted by Gasteiger charge is 2.39. The number of rotatable bonds is 5. The molecule has 1 aromatic rings. The van der Waals surface area contributed by atoms with E-state index < -0.39 is 0 Å². The second-order valence-corrected chi connectivity index (χ2v) is 6.07. The van der Waals surface area contributed by atoms with Crippen LogP contribution in [-0.4, -0.2) is 31.5 Å². The summed E-state index contributed by atoms with van der Waals surface area (Å²) in [5, 5.41) is 13.7. The molecule has 1 saturated heterocycles. The van der Waals surface area contributed by atoms with Gasteiger partial charge in [-0.3, -0.25) is 0 Å². The summed E-state index contributed by atoms with van der Waals surface area (Å²) in [6.45, 7) is 6.43. The van der Waals surface area contributed by atoms with Crippen LogP contribution in [0.5, 0.6) is 0 Å². The first-order valence-electron chi connectivity index (χ1n) is 6.17. The van der Waals surface area contributed by atoms with Gasteiger partial charge in [0, 0.05) is 17.1 Å². The molecule has 0 aliphatic carbocycles. The second-order valence-electron chi connectivity index (χ2n) is 5.64. The van der Waals surface area contributed by atoms with E-state index in [0.717, 1.165) is 11.6 Å². The average Bonchev–Trinajstić information content (AvgIpc) is 2.29. The minimum Gasteiger partial charge on any atom is -0.396 e. The van der Waals surface area contributed by atoms with E-state index in [9.17, 15) is 5.11 Å². The fourth-order valence-corrected chi connectivity index (χ4v) is 2.14. The molecular formula is C14H20ClNO2. The molecule has 18 heavy (non-hydrogen) atoms. The largest absolute Gasteiger partial charge is 0.396 e. The van der Waals surface area contributed by atoms with E-state index in [0.29, 0.717) is 13.2 Å². The van der Waals surface area contributed by atoms with E-state index in [1.54, 1.807) is 0 Å². The van der Waals surface area contributed by atoms with Crippen LogP contribution in [0.3, 0.4) is 0 Å². The number of nitrogens with one attached hydrogen (secondary N) is 1. The quantitative estimate of drug-likeness (QED) is 0.861. The average molecular weight is 270 g/mol. The van der Waals surface area contributed by atoms with Crippen LogP contribution in [-0.2, 0) is 10.3 Å². The Hall–Kier alpha value is -0.610. The van der Waals surface area contributed by atoms with Crippen LogP contribution in [0.15, 0.2) is 24.3 Å². The number of hydrogen-bond donors (Lipinski definition) is 2. The molecule has 0 unspecified atom stereocenters. The van der Waals surface area contributed by atoms with Gasteiger partial charge in [-0.2, -0.15) is 0 Å². The maximum Gasteiger partial charge on any atom is 0.0579 e. The van der Waals surface area contributed by atoms with Crippen LogP contribution in [0.1, 0.15) is 19.4 Å². The van der Waals surface area contributed by atoms with Gasteiger partial charge in [-0.05, 0) is 31.5 Å². The summed E-state index contributed by atoms with van der Waals surface area (Å²) in [6, 6.07) is 7.85. The van der Waals surface area contributed by atoms with Crippen LogP contribution in [0.2, 0.25) is 5.02 Å². The van der Waals surface area contributed by atoms with Crippen LogP contribution in [0.25, 0.3) is 0 Å². The molecule has 1 fully saturated rings. The van der Waals surface area contributed by atoms with Gasteiger partial charge in [-0.1, -0.05) is 23.7 Å². The normalized spacial score (nSPS) is 18.4. The van der Waals surface area contributed by atoms with E-state index in [4.69, 9.17) is 16.3 Å². The van der Waals surface area contributed by atoms with Gasteiger partial charge in [-0.25, -0.2) is 0 Å². The lowest BCUT2D eigenvalue weighted by atomic mass is 9.85. The van der Waals surface area contributed by atoms with Crippen molar-refractivity contribution in [3.63, 3.8) is 0 Å². The molecule has 2 N–H and O–H groups in total. The van der Waals surface area contributed by atoms with Crippen molar-refractivity contribution in [2.24, 2.45) is 5.41 Å². The molecule has 0 bridgehead atoms. The molecular weight excluding hydrogens is 250 g/mol. The summed E-state index contributed by atoms with van der Waals surface area (Å²) in [5.41, 5.74) is 0.923. The Kier molecular flexibility index (Phi) is 3.97. The van der Waals surface area contributed by atoms with Crippen molar-refractivity contribution in [1.82, 2.24) is 5.32 Å². The number of benzene rings is 1. The summed E-state index contributed by atoms with van der Waals surface area (Å²) < 4.78 is 5.20. The fourth-order valence-electron chi connectivity index (χ4n) is 2.02. The van der Waals surface area contributed by atoms with Crippen molar-refractivity contribution in [3.8, 4) is 0 Å². The number of aliphatic hydroxyl groups is 1. The highest BCUT2D eigenvalue weighted by Crippen LogP contribution is 2.28. The van der Waals surface area contributed by atoms with E-state index in [2.05, 4.69) is 19.2 Å². The van der Waals surface area contributed by atoms with Crippen molar-refractivity contribution in [1.29, 1.82) is 0 Å². The zero-order valence-corrected chi connectivity index (χ0v) is 11.6. The van der Waals surface area contributed by atoms with Crippen molar-refractivity contribution in [2.75, 3.05) is 26.4 Å². The fraction of sp³-hybridized carbons (Fsp3) is 0.571. The Labute approximate surface area is 113 Å². The standard InChI is InChI=1S/C14H20ClNO2/c1-13(2,11-3-5-12(15)6-4-11)16-7-14(8-17)9-18-10-14/h3-6,16-17H,7-10H2,1-2H3. The first kappa shape index (κ1) is 13.8. The molecule has 0 spiro atoms. The van der Waals surface area contributed by atoms with E-state index >= 15 is 0 Å². The molecule has 1 aliphatic rings. The molecule has 4 heteroatoms. The summed E-state index contributed by atoms with van der Waals surface area (Å²) in [5.74, 6) is 0. The van der Waals surface area contributed by atoms with Crippen LogP contribution < -0.4 is 5.32 Å². The third-order valence-corrected chi connectivity index (χ3v) is 3.88. The first-order chi connectivity index (χ1) is 8.47. The summed E-state index contributed by atoms with van der Waals surface area (Å²) >= 11 is 5.90. The third-order valence-electron chi connectivity index (χ3n) is 3.62. The Morgan fingerprint density at radius 3 is 2.39 bits per heavy atom. The van der Waals surface area contributed by atoms with E-state index in [1.165, 1.54) is 5.56 Å². The molecule has 100 valence electrons. The van der Waals surface area contributed by atoms with Crippen LogP contribution in [0, 0.1) is 5.41 Å². The maximum atomic E-state index is 9.40. The molecule has 0 aromatic heterocycles. The SMILES string of the molecule is CC(C)(NCC1(CO)COC1)c1ccc(Cl)cc1. The molecule has 0 atom stereocenters. The summed E-state index contributed by atoms with van der Waals surface area (Å²) in [6.07, 6.45) is 0. The minimum atomic E-state index is -0.150. The molecule has 1 aromatic carbocycles. The number of ether oxygens (including phenoxy) is 1. The lowest BCUT2D eigenvalue weighted by Crippen LogP contribution is -2.55. The predicted octanol–water partition coefficient (Wildman–Crippen LogP) is 2.17. The predicted molar refractivity (Wildman–Crippen MR) is 72.8 cm³/mol. The van der Waals surface area contributed by atoms with Crippen molar-refractivity contribution in [2.45, 2.75) is 19.4 Å². The molecule has 0 radical (unpaired) electrons. The Morgan fingerprint density at radius 2 is 1.94 bits per heavy atom. The Morgan fingerprint density at radius 1 is 1.33 bits per heavy atom. The third kappa shape index (κ3) is 2.86. The van der Waals surface area contributed by atoms with Crippen molar-refractivity contribution in [3.05, 3.63) is 34.9 Å². The van der Waals surface area contributed by atoms with Gasteiger partial charge in [0.05, 0.1) is 25.2 Å². The van der Waals surface area contributed by atoms with Gasteiger partial charge in [0.1, 0.15) is 0 Å². The van der Waals surface area contributed by atoms with Crippen molar-refractivity contribution < 1.29 is 9.84 Å². The number of aliphatic hydroxyl groups excluding tert-OH is 1. The Balaban J connectivity index is 2.00. The topological polar surface area (TPSA) is 41.5 Å². The lowest BCUT2D eigenvalue weighted by molar-refractivity contribution is -0.136. The van der Waals surface area contributed by atoms with Gasteiger partial charge in [0.2, 0.25) is 0 Å². The summed E-state index contributed by atoms with van der Waals surface area (Å²) in [4.78, 5) is 0.